The molecule has 5 rings (SSSR count). The van der Waals surface area contributed by atoms with E-state index >= 15 is 4.39 Å². The molecule has 1 amide bonds. The van der Waals surface area contributed by atoms with Crippen LogP contribution in [0.5, 0.6) is 0 Å². The molecule has 14 heteroatoms. The Labute approximate surface area is 239 Å². The third-order valence-corrected chi connectivity index (χ3v) is 7.75. The van der Waals surface area contributed by atoms with Crippen molar-refractivity contribution in [3.8, 4) is 11.1 Å². The normalized spacial score (nSPS) is 20.1. The van der Waals surface area contributed by atoms with Gasteiger partial charge in [0.1, 0.15) is 5.82 Å². The third kappa shape index (κ3) is 6.09. The largest absolute Gasteiger partial charge is 0.417 e. The van der Waals surface area contributed by atoms with E-state index in [9.17, 15) is 22.8 Å². The Balaban J connectivity index is 1.54. The molecular formula is C28H31F4N7O3. The number of hydrogen-bond acceptors (Lipinski definition) is 8. The van der Waals surface area contributed by atoms with Gasteiger partial charge in [-0.05, 0) is 33.0 Å². The Bertz CT molecular complexity index is 1490. The van der Waals surface area contributed by atoms with Crippen molar-refractivity contribution in [3.05, 3.63) is 64.1 Å². The number of amides is 1. The molecule has 0 aliphatic carbocycles. The van der Waals surface area contributed by atoms with Crippen molar-refractivity contribution < 1.29 is 27.1 Å². The van der Waals surface area contributed by atoms with Gasteiger partial charge in [-0.25, -0.2) is 14.4 Å². The van der Waals surface area contributed by atoms with E-state index in [4.69, 9.17) is 4.74 Å². The van der Waals surface area contributed by atoms with Gasteiger partial charge in [-0.2, -0.15) is 13.2 Å². The van der Waals surface area contributed by atoms with Gasteiger partial charge in [0.15, 0.2) is 0 Å². The zero-order valence-electron chi connectivity index (χ0n) is 23.3. The second-order valence-electron chi connectivity index (χ2n) is 10.6. The SMILES string of the molecule is CC1CN(c2cc(F)c(-c3cnc(N4CCOCC4)nc3)cc2NC(=O)c2c[nH]c(=O)cc2C(F)(F)F)CC(C)N1C. The molecular weight excluding hydrogens is 558 g/mol. The number of carbonyl (C=O) groups excluding carboxylic acids is 1. The number of halogens is 4. The van der Waals surface area contributed by atoms with Crippen LogP contribution in [0.15, 0.2) is 41.6 Å². The fraction of sp³-hybridized carbons (Fsp3) is 0.429. The van der Waals surface area contributed by atoms with E-state index < -0.39 is 34.6 Å². The summed E-state index contributed by atoms with van der Waals surface area (Å²) in [5, 5.41) is 2.55. The van der Waals surface area contributed by atoms with Gasteiger partial charge in [-0.15, -0.1) is 0 Å². The molecule has 10 nitrogen and oxygen atoms in total. The summed E-state index contributed by atoms with van der Waals surface area (Å²) in [4.78, 5) is 41.8. The van der Waals surface area contributed by atoms with Crippen LogP contribution in [0.25, 0.3) is 11.1 Å². The molecule has 2 fully saturated rings. The number of rotatable bonds is 5. The first-order valence-electron chi connectivity index (χ1n) is 13.5. The highest BCUT2D eigenvalue weighted by atomic mass is 19.4. The van der Waals surface area contributed by atoms with E-state index in [1.165, 1.54) is 24.5 Å². The molecule has 2 aliphatic rings. The summed E-state index contributed by atoms with van der Waals surface area (Å²) in [6.07, 6.45) is -1.29. The lowest BCUT2D eigenvalue weighted by Crippen LogP contribution is -2.55. The van der Waals surface area contributed by atoms with Gasteiger partial charge >= 0.3 is 6.18 Å². The van der Waals surface area contributed by atoms with E-state index in [-0.39, 0.29) is 23.3 Å². The smallest absolute Gasteiger partial charge is 0.378 e. The number of pyridine rings is 1. The van der Waals surface area contributed by atoms with Crippen molar-refractivity contribution in [1.29, 1.82) is 0 Å². The molecule has 2 saturated heterocycles. The van der Waals surface area contributed by atoms with Crippen molar-refractivity contribution in [2.24, 2.45) is 0 Å². The third-order valence-electron chi connectivity index (χ3n) is 7.75. The molecule has 4 heterocycles. The van der Waals surface area contributed by atoms with Gasteiger partial charge in [-0.1, -0.05) is 0 Å². The van der Waals surface area contributed by atoms with E-state index in [0.29, 0.717) is 62.7 Å². The zero-order chi connectivity index (χ0) is 30.2. The highest BCUT2D eigenvalue weighted by Gasteiger charge is 2.36. The fourth-order valence-corrected chi connectivity index (χ4v) is 5.22. The molecule has 2 aromatic heterocycles. The average Bonchev–Trinajstić information content (AvgIpc) is 2.96. The van der Waals surface area contributed by atoms with Crippen LogP contribution in [-0.4, -0.2) is 84.3 Å². The zero-order valence-corrected chi connectivity index (χ0v) is 23.3. The van der Waals surface area contributed by atoms with Crippen LogP contribution >= 0.6 is 0 Å². The van der Waals surface area contributed by atoms with Crippen LogP contribution in [0.1, 0.15) is 29.8 Å². The Morgan fingerprint density at radius 3 is 2.31 bits per heavy atom. The topological polar surface area (TPSA) is 107 Å². The molecule has 224 valence electrons. The molecule has 1 aromatic carbocycles. The quantitative estimate of drug-likeness (QED) is 0.435. The second kappa shape index (κ2) is 11.7. The molecule has 2 unspecified atom stereocenters. The van der Waals surface area contributed by atoms with Crippen molar-refractivity contribution in [3.63, 3.8) is 0 Å². The predicted molar refractivity (Wildman–Crippen MR) is 149 cm³/mol. The number of aromatic nitrogens is 3. The lowest BCUT2D eigenvalue weighted by atomic mass is 10.0. The minimum Gasteiger partial charge on any atom is -0.378 e. The molecule has 2 N–H and O–H groups in total. The number of piperazine rings is 1. The first-order valence-corrected chi connectivity index (χ1v) is 13.5. The highest BCUT2D eigenvalue weighted by Crippen LogP contribution is 2.37. The summed E-state index contributed by atoms with van der Waals surface area (Å²) in [7, 11) is 1.98. The number of nitrogens with zero attached hydrogens (tertiary/aromatic N) is 5. The highest BCUT2D eigenvalue weighted by molar-refractivity contribution is 6.07. The van der Waals surface area contributed by atoms with Gasteiger partial charge in [0, 0.05) is 74.0 Å². The van der Waals surface area contributed by atoms with Gasteiger partial charge in [0.25, 0.3) is 5.91 Å². The number of benzene rings is 1. The first kappa shape index (κ1) is 29.5. The summed E-state index contributed by atoms with van der Waals surface area (Å²) in [6, 6.07) is 3.14. The standard InChI is InChI=1S/C28H31F4N7O3/c1-16-14-39(15-17(2)37(16)3)24-10-22(29)19(18-11-34-27(35-12-18)38-4-6-42-7-5-38)8-23(24)36-26(41)20-13-33-25(40)9-21(20)28(30,31)32/h8-13,16-17H,4-7,14-15H2,1-3H3,(H,33,40)(H,36,41). The number of alkyl halides is 3. The van der Waals surface area contributed by atoms with Crippen molar-refractivity contribution in [2.75, 3.05) is 61.6 Å². The van der Waals surface area contributed by atoms with Crippen LogP contribution in [-0.2, 0) is 10.9 Å². The Kier molecular flexibility index (Phi) is 8.19. The van der Waals surface area contributed by atoms with Gasteiger partial charge in [0.05, 0.1) is 35.7 Å². The Morgan fingerprint density at radius 1 is 1.05 bits per heavy atom. The number of likely N-dealkylation sites (N-methyl/N-ethyl adjacent to an activating group) is 1. The van der Waals surface area contributed by atoms with Gasteiger partial charge < -0.3 is 24.8 Å². The van der Waals surface area contributed by atoms with Crippen LogP contribution < -0.4 is 20.7 Å². The molecule has 0 radical (unpaired) electrons. The number of nitrogens with one attached hydrogen (secondary N) is 2. The maximum Gasteiger partial charge on any atom is 0.417 e. The van der Waals surface area contributed by atoms with E-state index in [0.717, 1.165) is 6.20 Å². The molecule has 42 heavy (non-hydrogen) atoms. The van der Waals surface area contributed by atoms with E-state index in [2.05, 4.69) is 25.2 Å². The summed E-state index contributed by atoms with van der Waals surface area (Å²) in [5.74, 6) is -1.25. The van der Waals surface area contributed by atoms with Crippen LogP contribution in [0.4, 0.5) is 34.9 Å². The lowest BCUT2D eigenvalue weighted by Gasteiger charge is -2.44. The number of H-pyrrole nitrogens is 1. The Morgan fingerprint density at radius 2 is 1.69 bits per heavy atom. The maximum absolute atomic E-state index is 15.7. The molecule has 3 aromatic rings. The molecule has 0 bridgehead atoms. The summed E-state index contributed by atoms with van der Waals surface area (Å²) >= 11 is 0. The molecule has 2 aliphatic heterocycles. The summed E-state index contributed by atoms with van der Waals surface area (Å²) in [5.41, 5.74) is -2.32. The number of carbonyl (C=O) groups is 1. The Hall–Kier alpha value is -4.04. The van der Waals surface area contributed by atoms with E-state index in [1.807, 2.05) is 30.7 Å². The first-order chi connectivity index (χ1) is 19.9. The van der Waals surface area contributed by atoms with Crippen LogP contribution in [0, 0.1) is 5.82 Å². The number of ether oxygens (including phenoxy) is 1. The van der Waals surface area contributed by atoms with Crippen LogP contribution in [0.3, 0.4) is 0 Å². The van der Waals surface area contributed by atoms with Gasteiger partial charge in [-0.3, -0.25) is 14.5 Å². The van der Waals surface area contributed by atoms with Crippen molar-refractivity contribution in [2.45, 2.75) is 32.1 Å². The number of anilines is 3. The van der Waals surface area contributed by atoms with Crippen molar-refractivity contribution in [1.82, 2.24) is 19.9 Å². The lowest BCUT2D eigenvalue weighted by molar-refractivity contribution is -0.138. The predicted octanol–water partition coefficient (Wildman–Crippen LogP) is 3.61. The van der Waals surface area contributed by atoms with Crippen LogP contribution in [0.2, 0.25) is 0 Å². The number of aromatic amines is 1. The van der Waals surface area contributed by atoms with E-state index in [1.54, 1.807) is 0 Å². The second-order valence-corrected chi connectivity index (χ2v) is 10.6. The summed E-state index contributed by atoms with van der Waals surface area (Å²) in [6.45, 7) is 7.32. The monoisotopic (exact) mass is 589 g/mol. The minimum absolute atomic E-state index is 0.0651. The number of morpholine rings is 1. The van der Waals surface area contributed by atoms with Gasteiger partial charge in [0.2, 0.25) is 11.5 Å². The summed E-state index contributed by atoms with van der Waals surface area (Å²) < 4.78 is 62.2. The van der Waals surface area contributed by atoms with Crippen molar-refractivity contribution >= 4 is 23.2 Å². The maximum atomic E-state index is 15.7. The number of hydrogen-bond donors (Lipinski definition) is 2. The fourth-order valence-electron chi connectivity index (χ4n) is 5.22. The molecule has 0 saturated carbocycles. The minimum atomic E-state index is -4.94. The molecule has 0 spiro atoms. The average molecular weight is 590 g/mol. The molecule has 2 atom stereocenters.